The largest absolute Gasteiger partial charge is 0.396 e. The Balaban J connectivity index is 0.000000157. The number of aliphatic hydroxyl groups is 2. The standard InChI is InChI=1S/C20H19Cl2IOS.C20H21Cl2NOS/c2*21-16-10-13-12-6-7-25-20(12)15(9-14(13)18(22)19(16)23)17(24)8-11-4-2-1-3-5-11/h6-7,9-11,17,24H,1-5,8H2;6-7,9-11,17,24H,1-5,8,23H2. The van der Waals surface area contributed by atoms with E-state index in [2.05, 4.69) is 51.6 Å². The van der Waals surface area contributed by atoms with Crippen LogP contribution in [0.15, 0.2) is 47.2 Å². The third kappa shape index (κ3) is 7.50. The molecule has 0 spiro atoms. The van der Waals surface area contributed by atoms with E-state index in [1.165, 1.54) is 64.2 Å². The number of benzene rings is 4. The molecule has 6 aromatic rings. The van der Waals surface area contributed by atoms with Gasteiger partial charge >= 0.3 is 0 Å². The van der Waals surface area contributed by atoms with Crippen molar-refractivity contribution in [2.75, 3.05) is 5.73 Å². The van der Waals surface area contributed by atoms with Crippen LogP contribution >= 0.6 is 91.7 Å². The van der Waals surface area contributed by atoms with Gasteiger partial charge in [-0.05, 0) is 116 Å². The second-order valence-electron chi connectivity index (χ2n) is 14.0. The maximum absolute atomic E-state index is 11.0. The topological polar surface area (TPSA) is 66.5 Å². The highest BCUT2D eigenvalue weighted by Gasteiger charge is 2.24. The van der Waals surface area contributed by atoms with Crippen LogP contribution in [-0.4, -0.2) is 10.2 Å². The Morgan fingerprint density at radius 3 is 1.54 bits per heavy atom. The number of rotatable bonds is 6. The minimum Gasteiger partial charge on any atom is -0.396 e. The van der Waals surface area contributed by atoms with Gasteiger partial charge in [-0.3, -0.25) is 0 Å². The molecule has 0 saturated heterocycles. The van der Waals surface area contributed by atoms with Crippen LogP contribution in [0.3, 0.4) is 0 Å². The molecule has 3 nitrogen and oxygen atoms in total. The van der Waals surface area contributed by atoms with Crippen molar-refractivity contribution >= 4 is 139 Å². The van der Waals surface area contributed by atoms with E-state index in [0.29, 0.717) is 37.6 Å². The summed E-state index contributed by atoms with van der Waals surface area (Å²) in [5.41, 5.74) is 8.40. The van der Waals surface area contributed by atoms with E-state index >= 15 is 0 Å². The third-order valence-corrected chi connectivity index (χ3v) is 15.9. The van der Waals surface area contributed by atoms with E-state index in [0.717, 1.165) is 69.3 Å². The number of fused-ring (bicyclic) bond motifs is 6. The Morgan fingerprint density at radius 2 is 1.06 bits per heavy atom. The summed E-state index contributed by atoms with van der Waals surface area (Å²) >= 11 is 31.2. The number of thiophene rings is 2. The molecule has 264 valence electrons. The zero-order valence-corrected chi connectivity index (χ0v) is 34.4. The summed E-state index contributed by atoms with van der Waals surface area (Å²) in [6, 6.07) is 12.2. The first-order valence-electron chi connectivity index (χ1n) is 17.5. The Labute approximate surface area is 335 Å². The minimum atomic E-state index is -0.471. The van der Waals surface area contributed by atoms with Crippen molar-refractivity contribution in [2.45, 2.75) is 89.3 Å². The van der Waals surface area contributed by atoms with Gasteiger partial charge in [-0.2, -0.15) is 0 Å². The smallest absolute Gasteiger partial charge is 0.0806 e. The number of nitrogen functional groups attached to an aromatic ring is 1. The molecular formula is C40H40Cl4INO2S2. The first-order valence-corrected chi connectivity index (χ1v) is 21.9. The first kappa shape index (κ1) is 37.3. The van der Waals surface area contributed by atoms with Gasteiger partial charge in [0.05, 0.1) is 41.6 Å². The van der Waals surface area contributed by atoms with Gasteiger partial charge in [0, 0.05) is 30.9 Å². The summed E-state index contributed by atoms with van der Waals surface area (Å²) < 4.78 is 3.15. The maximum Gasteiger partial charge on any atom is 0.0806 e. The van der Waals surface area contributed by atoms with Crippen LogP contribution in [0.25, 0.3) is 41.7 Å². The Bertz CT molecular complexity index is 2020. The molecule has 2 heterocycles. The zero-order chi connectivity index (χ0) is 35.1. The minimum absolute atomic E-state index is 0.401. The lowest BCUT2D eigenvalue weighted by Gasteiger charge is -2.24. The lowest BCUT2D eigenvalue weighted by molar-refractivity contribution is 0.132. The number of nitrogens with two attached hydrogens (primary N) is 1. The molecule has 0 radical (unpaired) electrons. The van der Waals surface area contributed by atoms with Gasteiger partial charge in [0.15, 0.2) is 0 Å². The fourth-order valence-corrected chi connectivity index (χ4v) is 11.6. The summed E-state index contributed by atoms with van der Waals surface area (Å²) in [7, 11) is 0. The van der Waals surface area contributed by atoms with E-state index in [1.54, 1.807) is 22.7 Å². The number of aliphatic hydroxyl groups excluding tert-OH is 2. The third-order valence-electron chi connectivity index (χ3n) is 10.8. The van der Waals surface area contributed by atoms with E-state index in [4.69, 9.17) is 52.1 Å². The molecule has 2 aliphatic carbocycles. The molecule has 4 aromatic carbocycles. The van der Waals surface area contributed by atoms with Crippen LogP contribution < -0.4 is 5.73 Å². The molecule has 2 unspecified atom stereocenters. The Hall–Kier alpha value is -1.07. The fourth-order valence-electron chi connectivity index (χ4n) is 8.15. The van der Waals surface area contributed by atoms with Gasteiger partial charge < -0.3 is 15.9 Å². The molecule has 2 aliphatic rings. The summed E-state index contributed by atoms with van der Waals surface area (Å²) in [5.74, 6) is 1.25. The molecule has 2 saturated carbocycles. The molecule has 2 atom stereocenters. The van der Waals surface area contributed by atoms with E-state index in [1.807, 2.05) is 18.2 Å². The highest BCUT2D eigenvalue weighted by Crippen LogP contribution is 2.45. The molecule has 4 N–H and O–H groups in total. The maximum atomic E-state index is 11.0. The normalized spacial score (nSPS) is 17.4. The molecule has 8 rings (SSSR count). The summed E-state index contributed by atoms with van der Waals surface area (Å²) in [5, 5.41) is 34.6. The van der Waals surface area contributed by atoms with E-state index < -0.39 is 12.2 Å². The van der Waals surface area contributed by atoms with E-state index in [9.17, 15) is 10.2 Å². The lowest BCUT2D eigenvalue weighted by atomic mass is 9.84. The van der Waals surface area contributed by atoms with Gasteiger partial charge in [-0.25, -0.2) is 0 Å². The number of halogens is 5. The predicted molar refractivity (Wildman–Crippen MR) is 228 cm³/mol. The molecule has 2 fully saturated rings. The van der Waals surface area contributed by atoms with Crippen molar-refractivity contribution < 1.29 is 10.2 Å². The van der Waals surface area contributed by atoms with Crippen LogP contribution in [0, 0.1) is 15.4 Å². The van der Waals surface area contributed by atoms with Gasteiger partial charge in [0.1, 0.15) is 0 Å². The second-order valence-corrected chi connectivity index (χ2v) is 18.5. The molecule has 50 heavy (non-hydrogen) atoms. The average Bonchev–Trinajstić information content (AvgIpc) is 3.82. The van der Waals surface area contributed by atoms with Gasteiger partial charge in [-0.1, -0.05) is 111 Å². The molecule has 2 aromatic heterocycles. The van der Waals surface area contributed by atoms with Crippen molar-refractivity contribution in [3.63, 3.8) is 0 Å². The molecule has 0 bridgehead atoms. The van der Waals surface area contributed by atoms with Gasteiger partial charge in [0.25, 0.3) is 0 Å². The number of hydrogen-bond acceptors (Lipinski definition) is 5. The average molecular weight is 900 g/mol. The van der Waals surface area contributed by atoms with Crippen molar-refractivity contribution in [3.05, 3.63) is 81.9 Å². The second kappa shape index (κ2) is 16.1. The summed E-state index contributed by atoms with van der Waals surface area (Å²) in [4.78, 5) is 0. The molecular weight excluding hydrogens is 859 g/mol. The van der Waals surface area contributed by atoms with Crippen LogP contribution in [0.4, 0.5) is 5.69 Å². The van der Waals surface area contributed by atoms with Gasteiger partial charge in [0.2, 0.25) is 0 Å². The fraction of sp³-hybridized carbons (Fsp3) is 0.400. The van der Waals surface area contributed by atoms with Gasteiger partial charge in [-0.15, -0.1) is 22.7 Å². The van der Waals surface area contributed by atoms with Crippen molar-refractivity contribution in [2.24, 2.45) is 11.8 Å². The first-order chi connectivity index (χ1) is 24.1. The number of hydrogen-bond donors (Lipinski definition) is 3. The summed E-state index contributed by atoms with van der Waals surface area (Å²) in [6.07, 6.45) is 13.5. The van der Waals surface area contributed by atoms with E-state index in [-0.39, 0.29) is 0 Å². The predicted octanol–water partition coefficient (Wildman–Crippen LogP) is 14.9. The van der Waals surface area contributed by atoms with Crippen molar-refractivity contribution in [1.82, 2.24) is 0 Å². The summed E-state index contributed by atoms with van der Waals surface area (Å²) in [6.45, 7) is 0. The molecule has 0 amide bonds. The Kier molecular flexibility index (Phi) is 12.0. The molecule has 10 heteroatoms. The van der Waals surface area contributed by atoms with Crippen LogP contribution in [0.5, 0.6) is 0 Å². The monoisotopic (exact) mass is 897 g/mol. The number of anilines is 1. The highest BCUT2D eigenvalue weighted by molar-refractivity contribution is 14.1. The van der Waals surface area contributed by atoms with Crippen molar-refractivity contribution in [3.8, 4) is 0 Å². The van der Waals surface area contributed by atoms with Crippen LogP contribution in [0.2, 0.25) is 20.1 Å². The zero-order valence-electron chi connectivity index (χ0n) is 27.6. The quantitative estimate of drug-likeness (QED) is 0.0886. The lowest BCUT2D eigenvalue weighted by Crippen LogP contribution is -2.11. The van der Waals surface area contributed by atoms with Crippen molar-refractivity contribution in [1.29, 1.82) is 0 Å². The van der Waals surface area contributed by atoms with Crippen LogP contribution in [0.1, 0.15) is 100 Å². The molecule has 0 aliphatic heterocycles. The Morgan fingerprint density at radius 1 is 0.620 bits per heavy atom. The SMILES string of the molecule is Nc1c(Cl)cc2c(cc(C(O)CC3CCCCC3)c3sccc32)c1Cl.OC(CC1CCCCC1)c1cc2c(Cl)c(I)c(Cl)cc2c2ccsc12. The van der Waals surface area contributed by atoms with Crippen LogP contribution in [-0.2, 0) is 0 Å². The highest BCUT2D eigenvalue weighted by atomic mass is 127.